The van der Waals surface area contributed by atoms with Crippen LogP contribution < -0.4 is 0 Å². The third-order valence-corrected chi connectivity index (χ3v) is 3.06. The van der Waals surface area contributed by atoms with Crippen LogP contribution >= 0.6 is 12.2 Å². The second-order valence-electron chi connectivity index (χ2n) is 4.17. The summed E-state index contributed by atoms with van der Waals surface area (Å²) in [6.07, 6.45) is 0. The highest BCUT2D eigenvalue weighted by Crippen LogP contribution is 2.27. The summed E-state index contributed by atoms with van der Waals surface area (Å²) in [5.41, 5.74) is 2.05. The van der Waals surface area contributed by atoms with Crippen molar-refractivity contribution in [3.8, 4) is 11.5 Å². The van der Waals surface area contributed by atoms with E-state index in [9.17, 15) is 10.2 Å². The zero-order valence-corrected chi connectivity index (χ0v) is 11.0. The number of phenols is 2. The van der Waals surface area contributed by atoms with Crippen LogP contribution in [0, 0.1) is 0 Å². The number of isothiocyanates is 1. The highest BCUT2D eigenvalue weighted by atomic mass is 32.1. The summed E-state index contributed by atoms with van der Waals surface area (Å²) < 4.78 is 0. The van der Waals surface area contributed by atoms with Crippen LogP contribution in [0.4, 0.5) is 0 Å². The topological polar surface area (TPSA) is 52.8 Å². The second-order valence-corrected chi connectivity index (χ2v) is 4.35. The maximum Gasteiger partial charge on any atom is 0.115 e. The standard InChI is InChI=1S/C15H13NO2S/c17-13-5-1-11(2-6-13)15(9-16-10-19)12-3-7-14(18)8-4-12/h1-8,15,17-18H,9H2. The molecule has 2 rings (SSSR count). The molecule has 0 aliphatic heterocycles. The van der Waals surface area contributed by atoms with Crippen LogP contribution in [0.5, 0.6) is 11.5 Å². The number of benzene rings is 2. The third-order valence-electron chi connectivity index (χ3n) is 2.93. The van der Waals surface area contributed by atoms with Crippen molar-refractivity contribution in [3.63, 3.8) is 0 Å². The van der Waals surface area contributed by atoms with Gasteiger partial charge >= 0.3 is 0 Å². The number of hydrogen-bond acceptors (Lipinski definition) is 4. The lowest BCUT2D eigenvalue weighted by molar-refractivity contribution is 0.475. The minimum absolute atomic E-state index is 0.0247. The van der Waals surface area contributed by atoms with Gasteiger partial charge in [-0.05, 0) is 47.6 Å². The van der Waals surface area contributed by atoms with E-state index in [1.165, 1.54) is 0 Å². The molecule has 19 heavy (non-hydrogen) atoms. The van der Waals surface area contributed by atoms with E-state index >= 15 is 0 Å². The molecular formula is C15H13NO2S. The molecule has 0 spiro atoms. The first kappa shape index (κ1) is 13.3. The minimum Gasteiger partial charge on any atom is -0.508 e. The average Bonchev–Trinajstić information content (AvgIpc) is 2.43. The van der Waals surface area contributed by atoms with Gasteiger partial charge in [0.05, 0.1) is 11.7 Å². The maximum atomic E-state index is 9.34. The van der Waals surface area contributed by atoms with Crippen molar-refractivity contribution in [3.05, 3.63) is 59.7 Å². The van der Waals surface area contributed by atoms with Crippen molar-refractivity contribution in [2.24, 2.45) is 4.99 Å². The number of rotatable bonds is 4. The zero-order chi connectivity index (χ0) is 13.7. The van der Waals surface area contributed by atoms with Crippen LogP contribution in [-0.2, 0) is 0 Å². The molecule has 0 amide bonds. The molecule has 96 valence electrons. The number of thiocarbonyl (C=S) groups is 1. The summed E-state index contributed by atoms with van der Waals surface area (Å²) in [6.45, 7) is 0.485. The summed E-state index contributed by atoms with van der Waals surface area (Å²) in [7, 11) is 0. The van der Waals surface area contributed by atoms with Crippen molar-refractivity contribution in [1.82, 2.24) is 0 Å². The molecule has 0 saturated heterocycles. The fourth-order valence-electron chi connectivity index (χ4n) is 1.95. The van der Waals surface area contributed by atoms with E-state index in [4.69, 9.17) is 0 Å². The molecule has 0 aromatic heterocycles. The Balaban J connectivity index is 2.37. The summed E-state index contributed by atoms with van der Waals surface area (Å²) in [4.78, 5) is 4.01. The van der Waals surface area contributed by atoms with Crippen molar-refractivity contribution in [2.45, 2.75) is 5.92 Å². The normalized spacial score (nSPS) is 10.2. The predicted octanol–water partition coefficient (Wildman–Crippen LogP) is 3.33. The number of nitrogens with zero attached hydrogens (tertiary/aromatic N) is 1. The molecule has 2 aromatic carbocycles. The quantitative estimate of drug-likeness (QED) is 0.662. The highest BCUT2D eigenvalue weighted by Gasteiger charge is 2.13. The van der Waals surface area contributed by atoms with Crippen molar-refractivity contribution >= 4 is 17.4 Å². The molecule has 0 saturated carbocycles. The summed E-state index contributed by atoms with van der Waals surface area (Å²) in [5.74, 6) is 0.481. The van der Waals surface area contributed by atoms with Gasteiger partial charge < -0.3 is 10.2 Å². The lowest BCUT2D eigenvalue weighted by atomic mass is 9.91. The van der Waals surface area contributed by atoms with Crippen LogP contribution in [0.3, 0.4) is 0 Å². The Morgan fingerprint density at radius 1 is 0.895 bits per heavy atom. The molecule has 0 aliphatic carbocycles. The van der Waals surface area contributed by atoms with Gasteiger partial charge in [0, 0.05) is 5.92 Å². The molecule has 0 aliphatic rings. The van der Waals surface area contributed by atoms with Gasteiger partial charge in [0.1, 0.15) is 11.5 Å². The number of aromatic hydroxyl groups is 2. The fraction of sp³-hybridized carbons (Fsp3) is 0.133. The smallest absolute Gasteiger partial charge is 0.115 e. The van der Waals surface area contributed by atoms with E-state index < -0.39 is 0 Å². The van der Waals surface area contributed by atoms with Gasteiger partial charge in [0.15, 0.2) is 0 Å². The molecule has 0 unspecified atom stereocenters. The molecule has 0 heterocycles. The van der Waals surface area contributed by atoms with E-state index in [1.54, 1.807) is 24.3 Å². The van der Waals surface area contributed by atoms with Gasteiger partial charge in [-0.25, -0.2) is 4.99 Å². The van der Waals surface area contributed by atoms with Gasteiger partial charge in [-0.3, -0.25) is 0 Å². The SMILES string of the molecule is Oc1ccc(C(CN=C=S)c2ccc(O)cc2)cc1. The molecular weight excluding hydrogens is 258 g/mol. The van der Waals surface area contributed by atoms with Crippen molar-refractivity contribution < 1.29 is 10.2 Å². The maximum absolute atomic E-state index is 9.34. The Morgan fingerprint density at radius 3 is 1.68 bits per heavy atom. The molecule has 2 aromatic rings. The van der Waals surface area contributed by atoms with Crippen molar-refractivity contribution in [1.29, 1.82) is 0 Å². The Morgan fingerprint density at radius 2 is 1.32 bits per heavy atom. The summed E-state index contributed by atoms with van der Waals surface area (Å²) in [5, 5.41) is 21.0. The van der Waals surface area contributed by atoms with Crippen LogP contribution in [0.2, 0.25) is 0 Å². The molecule has 0 bridgehead atoms. The number of hydrogen-bond donors (Lipinski definition) is 2. The van der Waals surface area contributed by atoms with Crippen molar-refractivity contribution in [2.75, 3.05) is 6.54 Å². The Bertz CT molecular complexity index is 541. The van der Waals surface area contributed by atoms with Crippen LogP contribution in [0.1, 0.15) is 17.0 Å². The molecule has 0 fully saturated rings. The molecule has 4 heteroatoms. The van der Waals surface area contributed by atoms with E-state index in [0.717, 1.165) is 11.1 Å². The monoisotopic (exact) mass is 271 g/mol. The summed E-state index contributed by atoms with van der Waals surface area (Å²) >= 11 is 4.62. The first-order valence-electron chi connectivity index (χ1n) is 5.82. The zero-order valence-electron chi connectivity index (χ0n) is 10.2. The molecule has 0 atom stereocenters. The third kappa shape index (κ3) is 3.41. The van der Waals surface area contributed by atoms with Gasteiger partial charge in [-0.2, -0.15) is 0 Å². The Kier molecular flexibility index (Phi) is 4.29. The first-order chi connectivity index (χ1) is 9.20. The number of phenolic OH excluding ortho intramolecular Hbond substituents is 2. The van der Waals surface area contributed by atoms with Crippen LogP contribution in [-0.4, -0.2) is 21.9 Å². The summed E-state index contributed by atoms with van der Waals surface area (Å²) in [6, 6.07) is 14.0. The highest BCUT2D eigenvalue weighted by molar-refractivity contribution is 7.78. The number of aliphatic imine (C=N–C) groups is 1. The average molecular weight is 271 g/mol. The lowest BCUT2D eigenvalue weighted by Gasteiger charge is -2.15. The molecule has 3 nitrogen and oxygen atoms in total. The Hall–Kier alpha value is -2.16. The van der Waals surface area contributed by atoms with Gasteiger partial charge in [0.2, 0.25) is 0 Å². The van der Waals surface area contributed by atoms with E-state index in [2.05, 4.69) is 22.4 Å². The minimum atomic E-state index is 0.0247. The second kappa shape index (κ2) is 6.14. The first-order valence-corrected chi connectivity index (χ1v) is 6.23. The molecule has 2 N–H and O–H groups in total. The predicted molar refractivity (Wildman–Crippen MR) is 77.9 cm³/mol. The Labute approximate surface area is 116 Å². The van der Waals surface area contributed by atoms with Gasteiger partial charge in [-0.15, -0.1) is 0 Å². The van der Waals surface area contributed by atoms with Gasteiger partial charge in [-0.1, -0.05) is 24.3 Å². The van der Waals surface area contributed by atoms with Crippen LogP contribution in [0.25, 0.3) is 0 Å². The lowest BCUT2D eigenvalue weighted by Crippen LogP contribution is -2.04. The van der Waals surface area contributed by atoms with Gasteiger partial charge in [0.25, 0.3) is 0 Å². The van der Waals surface area contributed by atoms with E-state index in [-0.39, 0.29) is 17.4 Å². The fourth-order valence-corrected chi connectivity index (χ4v) is 2.02. The largest absolute Gasteiger partial charge is 0.508 e. The van der Waals surface area contributed by atoms with E-state index in [0.29, 0.717) is 6.54 Å². The molecule has 0 radical (unpaired) electrons. The van der Waals surface area contributed by atoms with E-state index in [1.807, 2.05) is 24.3 Å². The van der Waals surface area contributed by atoms with Crippen LogP contribution in [0.15, 0.2) is 53.5 Å².